The van der Waals surface area contributed by atoms with Crippen LogP contribution in [0.5, 0.6) is 0 Å². The molecule has 2 aromatic rings. The number of nitrogens with one attached hydrogen (secondary N) is 3. The number of hydrogen-bond acceptors (Lipinski definition) is 2. The average molecular weight is 297 g/mol. The molecule has 2 heterocycles. The molecule has 4 rings (SSSR count). The van der Waals surface area contributed by atoms with Crippen molar-refractivity contribution in [2.24, 2.45) is 0 Å². The Hall–Kier alpha value is -1.32. The number of H-pyrrole nitrogens is 1. The summed E-state index contributed by atoms with van der Waals surface area (Å²) >= 11 is 0. The Balaban J connectivity index is 1.51. The first-order chi connectivity index (χ1) is 10.9. The van der Waals surface area contributed by atoms with E-state index < -0.39 is 0 Å². The van der Waals surface area contributed by atoms with Crippen molar-refractivity contribution in [1.82, 2.24) is 15.6 Å². The van der Waals surface area contributed by atoms with Crippen LogP contribution in [0.15, 0.2) is 24.4 Å². The molecule has 1 fully saturated rings. The van der Waals surface area contributed by atoms with E-state index in [-0.39, 0.29) is 0 Å². The van der Waals surface area contributed by atoms with Crippen molar-refractivity contribution in [3.63, 3.8) is 0 Å². The molecular formula is C19H27N3. The van der Waals surface area contributed by atoms with E-state index in [1.807, 2.05) is 0 Å². The molecule has 1 saturated heterocycles. The van der Waals surface area contributed by atoms with Gasteiger partial charge < -0.3 is 15.6 Å². The van der Waals surface area contributed by atoms with Gasteiger partial charge in [0.1, 0.15) is 0 Å². The number of unbranched alkanes of at least 4 members (excludes halogenated alkanes) is 2. The van der Waals surface area contributed by atoms with Crippen LogP contribution in [0.4, 0.5) is 0 Å². The maximum absolute atomic E-state index is 3.81. The first kappa shape index (κ1) is 14.3. The van der Waals surface area contributed by atoms with Crippen molar-refractivity contribution in [3.05, 3.63) is 35.5 Å². The predicted octanol–water partition coefficient (Wildman–Crippen LogP) is 3.32. The molecule has 0 spiro atoms. The van der Waals surface area contributed by atoms with Crippen molar-refractivity contribution < 1.29 is 0 Å². The second kappa shape index (κ2) is 6.05. The smallest absolute Gasteiger partial charge is 0.0459 e. The van der Waals surface area contributed by atoms with Gasteiger partial charge in [-0.05, 0) is 43.0 Å². The standard InChI is InChI=1S/C19H27N3/c1-2-3-4-8-20-14-10-16-15-6-5-7-17-19(15)13(11-21-17)9-18(16)22-12-14/h5-7,11,14,16,18,20-22H,2-4,8-10,12H2,1H3/t14?,16?,18-/m1/s1. The second-order valence-electron chi connectivity index (χ2n) is 7.00. The van der Waals surface area contributed by atoms with E-state index in [2.05, 4.69) is 46.9 Å². The van der Waals surface area contributed by atoms with E-state index in [0.29, 0.717) is 18.0 Å². The van der Waals surface area contributed by atoms with E-state index in [1.54, 1.807) is 5.56 Å². The summed E-state index contributed by atoms with van der Waals surface area (Å²) < 4.78 is 0. The molecule has 118 valence electrons. The lowest BCUT2D eigenvalue weighted by molar-refractivity contribution is 0.284. The van der Waals surface area contributed by atoms with Crippen molar-refractivity contribution in [1.29, 1.82) is 0 Å². The second-order valence-corrected chi connectivity index (χ2v) is 7.00. The first-order valence-corrected chi connectivity index (χ1v) is 8.92. The van der Waals surface area contributed by atoms with Crippen LogP contribution in [0.2, 0.25) is 0 Å². The Morgan fingerprint density at radius 1 is 1.27 bits per heavy atom. The molecule has 1 aromatic heterocycles. The van der Waals surface area contributed by atoms with E-state index in [9.17, 15) is 0 Å². The fraction of sp³-hybridized carbons (Fsp3) is 0.579. The highest BCUT2D eigenvalue weighted by Crippen LogP contribution is 2.40. The van der Waals surface area contributed by atoms with Gasteiger partial charge >= 0.3 is 0 Å². The van der Waals surface area contributed by atoms with Gasteiger partial charge in [-0.15, -0.1) is 0 Å². The molecule has 0 radical (unpaired) electrons. The SMILES string of the molecule is CCCCCNC1CN[C@@H]2Cc3c[nH]c4cccc(c34)C2C1. The van der Waals surface area contributed by atoms with Gasteiger partial charge in [-0.3, -0.25) is 0 Å². The maximum Gasteiger partial charge on any atom is 0.0459 e. The summed E-state index contributed by atoms with van der Waals surface area (Å²) in [7, 11) is 0. The summed E-state index contributed by atoms with van der Waals surface area (Å²) in [6, 6.07) is 7.99. The molecule has 3 heteroatoms. The molecule has 1 aromatic carbocycles. The third-order valence-corrected chi connectivity index (χ3v) is 5.52. The van der Waals surface area contributed by atoms with Gasteiger partial charge in [-0.1, -0.05) is 31.9 Å². The van der Waals surface area contributed by atoms with Gasteiger partial charge in [0, 0.05) is 41.6 Å². The monoisotopic (exact) mass is 297 g/mol. The Bertz CT molecular complexity index is 645. The molecule has 22 heavy (non-hydrogen) atoms. The number of fused-ring (bicyclic) bond motifs is 2. The van der Waals surface area contributed by atoms with Crippen LogP contribution in [0.1, 0.15) is 49.7 Å². The summed E-state index contributed by atoms with van der Waals surface area (Å²) in [4.78, 5) is 3.45. The largest absolute Gasteiger partial charge is 0.361 e. The van der Waals surface area contributed by atoms with Crippen molar-refractivity contribution in [2.45, 2.75) is 57.0 Å². The number of hydrogen-bond donors (Lipinski definition) is 3. The molecule has 0 bridgehead atoms. The zero-order valence-electron chi connectivity index (χ0n) is 13.5. The van der Waals surface area contributed by atoms with Gasteiger partial charge in [-0.25, -0.2) is 0 Å². The number of benzene rings is 1. The zero-order chi connectivity index (χ0) is 14.9. The van der Waals surface area contributed by atoms with Gasteiger partial charge in [0.05, 0.1) is 0 Å². The first-order valence-electron chi connectivity index (χ1n) is 8.92. The molecule has 3 atom stereocenters. The fourth-order valence-electron chi connectivity index (χ4n) is 4.38. The highest BCUT2D eigenvalue weighted by Gasteiger charge is 2.35. The minimum atomic E-state index is 0.614. The normalized spacial score (nSPS) is 27.0. The fourth-order valence-corrected chi connectivity index (χ4v) is 4.38. The number of rotatable bonds is 5. The molecule has 2 unspecified atom stereocenters. The van der Waals surface area contributed by atoms with Crippen molar-refractivity contribution in [3.8, 4) is 0 Å². The highest BCUT2D eigenvalue weighted by atomic mass is 15.0. The van der Waals surface area contributed by atoms with E-state index in [4.69, 9.17) is 0 Å². The Morgan fingerprint density at radius 2 is 2.23 bits per heavy atom. The summed E-state index contributed by atoms with van der Waals surface area (Å²) in [6.45, 7) is 4.55. The average Bonchev–Trinajstić information content (AvgIpc) is 2.97. The lowest BCUT2D eigenvalue weighted by Crippen LogP contribution is -2.53. The van der Waals surface area contributed by atoms with E-state index in [1.165, 1.54) is 48.6 Å². The van der Waals surface area contributed by atoms with Crippen LogP contribution in [0.25, 0.3) is 10.9 Å². The third-order valence-electron chi connectivity index (χ3n) is 5.52. The van der Waals surface area contributed by atoms with Crippen LogP contribution in [0, 0.1) is 0 Å². The summed E-state index contributed by atoms with van der Waals surface area (Å²) in [5.41, 5.74) is 4.36. The molecule has 1 aliphatic heterocycles. The highest BCUT2D eigenvalue weighted by molar-refractivity contribution is 5.88. The van der Waals surface area contributed by atoms with Gasteiger partial charge in [-0.2, -0.15) is 0 Å². The number of piperidine rings is 1. The quantitative estimate of drug-likeness (QED) is 0.741. The van der Waals surface area contributed by atoms with Crippen LogP contribution in [-0.2, 0) is 6.42 Å². The zero-order valence-corrected chi connectivity index (χ0v) is 13.5. The van der Waals surface area contributed by atoms with Crippen molar-refractivity contribution in [2.75, 3.05) is 13.1 Å². The topological polar surface area (TPSA) is 39.8 Å². The van der Waals surface area contributed by atoms with Gasteiger partial charge in [0.25, 0.3) is 0 Å². The van der Waals surface area contributed by atoms with E-state index >= 15 is 0 Å². The Morgan fingerprint density at radius 3 is 3.14 bits per heavy atom. The lowest BCUT2D eigenvalue weighted by atomic mass is 9.75. The van der Waals surface area contributed by atoms with Crippen LogP contribution in [0.3, 0.4) is 0 Å². The third kappa shape index (κ3) is 2.46. The summed E-state index contributed by atoms with van der Waals surface area (Å²) in [6.07, 6.45) is 8.59. The summed E-state index contributed by atoms with van der Waals surface area (Å²) in [5, 5.41) is 9.08. The molecule has 1 aliphatic carbocycles. The number of aromatic amines is 1. The van der Waals surface area contributed by atoms with Crippen LogP contribution >= 0.6 is 0 Å². The van der Waals surface area contributed by atoms with Crippen molar-refractivity contribution >= 4 is 10.9 Å². The molecular weight excluding hydrogens is 270 g/mol. The predicted molar refractivity (Wildman–Crippen MR) is 92.5 cm³/mol. The molecule has 3 N–H and O–H groups in total. The molecule has 0 saturated carbocycles. The molecule has 2 aliphatic rings. The van der Waals surface area contributed by atoms with Gasteiger partial charge in [0.2, 0.25) is 0 Å². The Labute approximate surface area is 132 Å². The van der Waals surface area contributed by atoms with Crippen LogP contribution < -0.4 is 10.6 Å². The van der Waals surface area contributed by atoms with E-state index in [0.717, 1.165) is 13.1 Å². The molecule has 3 nitrogen and oxygen atoms in total. The minimum Gasteiger partial charge on any atom is -0.361 e. The Kier molecular flexibility index (Phi) is 3.93. The van der Waals surface area contributed by atoms with Gasteiger partial charge in [0.15, 0.2) is 0 Å². The number of aromatic nitrogens is 1. The molecule has 0 amide bonds. The maximum atomic E-state index is 3.81. The summed E-state index contributed by atoms with van der Waals surface area (Å²) in [5.74, 6) is 0.657. The minimum absolute atomic E-state index is 0.614. The van der Waals surface area contributed by atoms with Crippen LogP contribution in [-0.4, -0.2) is 30.2 Å². The lowest BCUT2D eigenvalue weighted by Gasteiger charge is -2.40.